The molecule has 3 rings (SSSR count). The first kappa shape index (κ1) is 12.0. The van der Waals surface area contributed by atoms with E-state index in [2.05, 4.69) is 9.97 Å². The summed E-state index contributed by atoms with van der Waals surface area (Å²) in [7, 11) is 0. The van der Waals surface area contributed by atoms with Crippen molar-refractivity contribution in [1.82, 2.24) is 9.97 Å². The Balaban J connectivity index is 2.33. The number of oxazole rings is 1. The predicted octanol–water partition coefficient (Wildman–Crippen LogP) is 3.74. The number of halogens is 1. The van der Waals surface area contributed by atoms with E-state index >= 15 is 0 Å². The number of nitrogen functional groups attached to an aromatic ring is 1. The van der Waals surface area contributed by atoms with Crippen LogP contribution in [-0.4, -0.2) is 9.97 Å². The van der Waals surface area contributed by atoms with E-state index in [0.717, 1.165) is 16.7 Å². The van der Waals surface area contributed by atoms with Gasteiger partial charge in [0.25, 0.3) is 0 Å². The molecule has 0 amide bonds. The number of benzene rings is 1. The summed E-state index contributed by atoms with van der Waals surface area (Å²) in [5.74, 6) is 0.522. The van der Waals surface area contributed by atoms with E-state index in [0.29, 0.717) is 27.7 Å². The van der Waals surface area contributed by atoms with Crippen LogP contribution in [0, 0.1) is 13.8 Å². The van der Waals surface area contributed by atoms with Crippen LogP contribution in [0.5, 0.6) is 0 Å². The van der Waals surface area contributed by atoms with Crippen LogP contribution in [0.2, 0.25) is 5.02 Å². The van der Waals surface area contributed by atoms with Crippen molar-refractivity contribution in [2.24, 2.45) is 0 Å². The van der Waals surface area contributed by atoms with Crippen LogP contribution in [0.25, 0.3) is 22.6 Å². The lowest BCUT2D eigenvalue weighted by atomic mass is 10.1. The summed E-state index contributed by atoms with van der Waals surface area (Å²) in [5.41, 5.74) is 10.5. The van der Waals surface area contributed by atoms with Crippen molar-refractivity contribution in [3.05, 3.63) is 40.7 Å². The summed E-state index contributed by atoms with van der Waals surface area (Å²) in [6.07, 6.45) is 3.39. The Morgan fingerprint density at radius 1 is 1.16 bits per heavy atom. The highest BCUT2D eigenvalue weighted by atomic mass is 35.5. The molecular formula is C14H12ClN3O. The maximum atomic E-state index is 6.25. The predicted molar refractivity (Wildman–Crippen MR) is 76.1 cm³/mol. The van der Waals surface area contributed by atoms with Crippen molar-refractivity contribution in [2.75, 3.05) is 5.73 Å². The van der Waals surface area contributed by atoms with Gasteiger partial charge < -0.3 is 10.2 Å². The van der Waals surface area contributed by atoms with E-state index < -0.39 is 0 Å². The van der Waals surface area contributed by atoms with Gasteiger partial charge >= 0.3 is 0 Å². The Kier molecular flexibility index (Phi) is 2.68. The lowest BCUT2D eigenvalue weighted by Crippen LogP contribution is -1.93. The first-order valence-electron chi connectivity index (χ1n) is 5.84. The van der Waals surface area contributed by atoms with Gasteiger partial charge in [0.2, 0.25) is 5.89 Å². The molecule has 2 N–H and O–H groups in total. The van der Waals surface area contributed by atoms with Crippen molar-refractivity contribution in [3.8, 4) is 11.5 Å². The largest absolute Gasteiger partial charge is 0.434 e. The summed E-state index contributed by atoms with van der Waals surface area (Å²) >= 11 is 6.25. The highest BCUT2D eigenvalue weighted by molar-refractivity contribution is 6.33. The minimum Gasteiger partial charge on any atom is -0.434 e. The second-order valence-electron chi connectivity index (χ2n) is 4.41. The highest BCUT2D eigenvalue weighted by Gasteiger charge is 2.17. The third kappa shape index (κ3) is 1.76. The lowest BCUT2D eigenvalue weighted by Gasteiger charge is -2.05. The molecule has 0 spiro atoms. The van der Waals surface area contributed by atoms with Crippen molar-refractivity contribution in [3.63, 3.8) is 0 Å². The van der Waals surface area contributed by atoms with E-state index in [-0.39, 0.29) is 0 Å². The van der Waals surface area contributed by atoms with Gasteiger partial charge in [0.15, 0.2) is 5.58 Å². The molecule has 0 bridgehead atoms. The number of pyridine rings is 1. The second kappa shape index (κ2) is 4.24. The number of nitrogens with two attached hydrogens (primary N) is 1. The molecule has 2 heterocycles. The van der Waals surface area contributed by atoms with E-state index in [1.54, 1.807) is 12.4 Å². The Morgan fingerprint density at radius 2 is 1.84 bits per heavy atom. The van der Waals surface area contributed by atoms with Crippen molar-refractivity contribution >= 4 is 28.4 Å². The van der Waals surface area contributed by atoms with Crippen molar-refractivity contribution in [2.45, 2.75) is 13.8 Å². The minimum absolute atomic E-state index is 0.522. The zero-order valence-corrected chi connectivity index (χ0v) is 11.3. The van der Waals surface area contributed by atoms with E-state index in [9.17, 15) is 0 Å². The molecular weight excluding hydrogens is 262 g/mol. The molecule has 5 heteroatoms. The van der Waals surface area contributed by atoms with Gasteiger partial charge in [-0.05, 0) is 37.1 Å². The van der Waals surface area contributed by atoms with Gasteiger partial charge in [-0.2, -0.15) is 0 Å². The van der Waals surface area contributed by atoms with Gasteiger partial charge in [-0.3, -0.25) is 4.98 Å². The number of nitrogens with zero attached hydrogens (tertiary/aromatic N) is 2. The first-order valence-corrected chi connectivity index (χ1v) is 6.22. The summed E-state index contributed by atoms with van der Waals surface area (Å²) in [5, 5.41) is 0.638. The molecule has 0 fully saturated rings. The van der Waals surface area contributed by atoms with Gasteiger partial charge in [-0.15, -0.1) is 0 Å². The molecule has 0 saturated carbocycles. The van der Waals surface area contributed by atoms with E-state index in [1.807, 2.05) is 26.0 Å². The molecule has 1 aromatic carbocycles. The molecule has 0 atom stereocenters. The zero-order valence-electron chi connectivity index (χ0n) is 10.6. The van der Waals surface area contributed by atoms with Crippen LogP contribution in [0.4, 0.5) is 5.69 Å². The van der Waals surface area contributed by atoms with Crippen LogP contribution in [-0.2, 0) is 0 Å². The normalized spacial score (nSPS) is 11.1. The van der Waals surface area contributed by atoms with Crippen LogP contribution in [0.3, 0.4) is 0 Å². The fourth-order valence-electron chi connectivity index (χ4n) is 2.05. The summed E-state index contributed by atoms with van der Waals surface area (Å²) < 4.78 is 5.78. The molecule has 0 unspecified atom stereocenters. The summed E-state index contributed by atoms with van der Waals surface area (Å²) in [4.78, 5) is 8.46. The van der Waals surface area contributed by atoms with Crippen LogP contribution in [0.15, 0.2) is 28.9 Å². The topological polar surface area (TPSA) is 64.9 Å². The molecule has 4 nitrogen and oxygen atoms in total. The number of aryl methyl sites for hydroxylation is 1. The molecule has 0 aliphatic heterocycles. The summed E-state index contributed by atoms with van der Waals surface area (Å²) in [6, 6.07) is 3.68. The smallest absolute Gasteiger partial charge is 0.227 e. The van der Waals surface area contributed by atoms with Crippen LogP contribution < -0.4 is 5.73 Å². The summed E-state index contributed by atoms with van der Waals surface area (Å²) in [6.45, 7) is 3.79. The minimum atomic E-state index is 0.522. The number of fused-ring (bicyclic) bond motifs is 1. The molecule has 0 aliphatic rings. The molecule has 3 aromatic rings. The number of aromatic nitrogens is 2. The average molecular weight is 274 g/mol. The van der Waals surface area contributed by atoms with Gasteiger partial charge in [0.1, 0.15) is 5.52 Å². The quantitative estimate of drug-likeness (QED) is 0.686. The molecule has 0 radical (unpaired) electrons. The highest BCUT2D eigenvalue weighted by Crippen LogP contribution is 2.36. The Labute approximate surface area is 115 Å². The third-order valence-electron chi connectivity index (χ3n) is 3.22. The monoisotopic (exact) mass is 273 g/mol. The van der Waals surface area contributed by atoms with Gasteiger partial charge in [-0.1, -0.05) is 11.6 Å². The fraction of sp³-hybridized carbons (Fsp3) is 0.143. The Hall–Kier alpha value is -2.07. The van der Waals surface area contributed by atoms with Gasteiger partial charge in [-0.25, -0.2) is 4.98 Å². The number of anilines is 1. The average Bonchev–Trinajstić information content (AvgIpc) is 2.89. The van der Waals surface area contributed by atoms with Crippen LogP contribution >= 0.6 is 11.6 Å². The zero-order chi connectivity index (χ0) is 13.6. The third-order valence-corrected chi connectivity index (χ3v) is 3.78. The molecule has 0 aliphatic carbocycles. The van der Waals surface area contributed by atoms with Crippen LogP contribution in [0.1, 0.15) is 11.1 Å². The van der Waals surface area contributed by atoms with Crippen molar-refractivity contribution < 1.29 is 4.42 Å². The second-order valence-corrected chi connectivity index (χ2v) is 4.79. The maximum Gasteiger partial charge on any atom is 0.227 e. The molecule has 96 valence electrons. The van der Waals surface area contributed by atoms with E-state index in [4.69, 9.17) is 21.8 Å². The Bertz CT molecular complexity index is 720. The lowest BCUT2D eigenvalue weighted by molar-refractivity contribution is 0.620. The molecule has 0 saturated heterocycles. The maximum absolute atomic E-state index is 6.25. The fourth-order valence-corrected chi connectivity index (χ4v) is 2.24. The number of hydrogen-bond acceptors (Lipinski definition) is 4. The van der Waals surface area contributed by atoms with Gasteiger partial charge in [0, 0.05) is 18.0 Å². The standard InChI is InChI=1S/C14H12ClN3O/c1-7-10(15)8(2)12-13(11(7)16)19-14(18-12)9-3-5-17-6-4-9/h3-6H,16H2,1-2H3. The molecule has 2 aromatic heterocycles. The number of rotatable bonds is 1. The van der Waals surface area contributed by atoms with Gasteiger partial charge in [0.05, 0.1) is 10.7 Å². The SMILES string of the molecule is Cc1c(Cl)c(C)c2nc(-c3ccncc3)oc2c1N. The first-order chi connectivity index (χ1) is 9.09. The molecule has 19 heavy (non-hydrogen) atoms. The van der Waals surface area contributed by atoms with Crippen molar-refractivity contribution in [1.29, 1.82) is 0 Å². The Morgan fingerprint density at radius 3 is 2.53 bits per heavy atom. The number of hydrogen-bond donors (Lipinski definition) is 1. The van der Waals surface area contributed by atoms with E-state index in [1.165, 1.54) is 0 Å².